The van der Waals surface area contributed by atoms with Crippen molar-refractivity contribution >= 4 is 64.3 Å². The van der Waals surface area contributed by atoms with Gasteiger partial charge in [0.15, 0.2) is 0 Å². The van der Waals surface area contributed by atoms with E-state index < -0.39 is 20.6 Å². The van der Waals surface area contributed by atoms with Crippen molar-refractivity contribution in [1.29, 1.82) is 0 Å². The fraction of sp³-hybridized carbons (Fsp3) is 0.800. The molecule has 1 atom stereocenters. The Balaban J connectivity index is 3.00. The second-order valence-electron chi connectivity index (χ2n) is 2.76. The molecule has 1 rings (SSSR count). The lowest BCUT2D eigenvalue weighted by atomic mass is 10.4. The van der Waals surface area contributed by atoms with Gasteiger partial charge >= 0.3 is 6.18 Å². The first-order valence-corrected chi connectivity index (χ1v) is 5.45. The van der Waals surface area contributed by atoms with E-state index in [4.69, 9.17) is 58.0 Å². The Kier molecular flexibility index (Phi) is 3.93. The number of hydrogen-bond acceptors (Lipinski definition) is 3. The number of alkyl halides is 8. The fourth-order valence-corrected chi connectivity index (χ4v) is 1.48. The molecule has 0 aliphatic carbocycles. The molecule has 0 amide bonds. The molecule has 16 heavy (non-hydrogen) atoms. The molecule has 1 unspecified atom stereocenters. The Morgan fingerprint density at radius 3 is 2.00 bits per heavy atom. The standard InChI is InChI=1S/C5H3Cl5F3N3/c6-4(7,8)5(9,10)16-1-14-15-2(16)3(11,12)13/h1-2,15H. The highest BCUT2D eigenvalue weighted by Gasteiger charge is 2.58. The van der Waals surface area contributed by atoms with Crippen molar-refractivity contribution < 1.29 is 13.2 Å². The maximum absolute atomic E-state index is 12.5. The predicted molar refractivity (Wildman–Crippen MR) is 58.0 cm³/mol. The van der Waals surface area contributed by atoms with Gasteiger partial charge in [0.25, 0.3) is 0 Å². The van der Waals surface area contributed by atoms with E-state index in [1.807, 2.05) is 0 Å². The molecule has 1 heterocycles. The van der Waals surface area contributed by atoms with Crippen LogP contribution < -0.4 is 5.43 Å². The average molecular weight is 339 g/mol. The highest BCUT2D eigenvalue weighted by atomic mass is 35.6. The van der Waals surface area contributed by atoms with Crippen molar-refractivity contribution in [3.05, 3.63) is 0 Å². The number of rotatable bonds is 1. The van der Waals surface area contributed by atoms with Crippen LogP contribution in [-0.4, -0.2) is 31.8 Å². The third-order valence-corrected chi connectivity index (χ3v) is 3.99. The first-order valence-electron chi connectivity index (χ1n) is 3.56. The summed E-state index contributed by atoms with van der Waals surface area (Å²) in [5.74, 6) is 0. The third kappa shape index (κ3) is 2.67. The Morgan fingerprint density at radius 2 is 1.62 bits per heavy atom. The van der Waals surface area contributed by atoms with Crippen LogP contribution in [0.1, 0.15) is 0 Å². The van der Waals surface area contributed by atoms with Crippen LogP contribution in [-0.2, 0) is 0 Å². The van der Waals surface area contributed by atoms with Crippen LogP contribution in [0, 0.1) is 0 Å². The summed E-state index contributed by atoms with van der Waals surface area (Å²) in [6.07, 6.45) is -6.22. The van der Waals surface area contributed by atoms with E-state index in [9.17, 15) is 13.2 Å². The summed E-state index contributed by atoms with van der Waals surface area (Å²) in [5, 5.41) is 3.18. The summed E-state index contributed by atoms with van der Waals surface area (Å²) in [6.45, 7) is 0. The van der Waals surface area contributed by atoms with Crippen molar-refractivity contribution in [2.75, 3.05) is 0 Å². The molecule has 11 heteroatoms. The molecule has 1 N–H and O–H groups in total. The number of hydrogen-bond donors (Lipinski definition) is 1. The van der Waals surface area contributed by atoms with Gasteiger partial charge in [-0.1, -0.05) is 58.0 Å². The zero-order valence-corrected chi connectivity index (χ0v) is 10.9. The molecule has 0 saturated heterocycles. The van der Waals surface area contributed by atoms with E-state index in [2.05, 4.69) is 5.10 Å². The average Bonchev–Trinajstić information content (AvgIpc) is 2.47. The van der Waals surface area contributed by atoms with Crippen molar-refractivity contribution in [3.63, 3.8) is 0 Å². The number of halogens is 8. The molecule has 0 aromatic carbocycles. The zero-order chi connectivity index (χ0) is 12.8. The van der Waals surface area contributed by atoms with Gasteiger partial charge in [-0.3, -0.25) is 10.3 Å². The molecule has 0 bridgehead atoms. The van der Waals surface area contributed by atoms with Gasteiger partial charge in [0.2, 0.25) is 14.4 Å². The topological polar surface area (TPSA) is 27.6 Å². The lowest BCUT2D eigenvalue weighted by molar-refractivity contribution is -0.180. The molecule has 0 spiro atoms. The van der Waals surface area contributed by atoms with Crippen LogP contribution in [0.25, 0.3) is 0 Å². The van der Waals surface area contributed by atoms with E-state index in [1.54, 1.807) is 5.43 Å². The lowest BCUT2D eigenvalue weighted by Crippen LogP contribution is -2.58. The third-order valence-electron chi connectivity index (χ3n) is 1.63. The van der Waals surface area contributed by atoms with Gasteiger partial charge < -0.3 is 0 Å². The molecular formula is C5H3Cl5F3N3. The smallest absolute Gasteiger partial charge is 0.296 e. The second kappa shape index (κ2) is 4.31. The van der Waals surface area contributed by atoms with E-state index in [0.29, 0.717) is 11.2 Å². The molecule has 3 nitrogen and oxygen atoms in total. The molecule has 0 saturated carbocycles. The molecule has 94 valence electrons. The molecule has 1 aliphatic heterocycles. The summed E-state index contributed by atoms with van der Waals surface area (Å²) in [5.41, 5.74) is 1.75. The summed E-state index contributed by atoms with van der Waals surface area (Å²) >= 11 is 27.3. The normalized spacial score (nSPS) is 22.5. The lowest BCUT2D eigenvalue weighted by Gasteiger charge is -2.38. The van der Waals surface area contributed by atoms with Crippen LogP contribution in [0.4, 0.5) is 13.2 Å². The minimum Gasteiger partial charge on any atom is -0.296 e. The summed E-state index contributed by atoms with van der Waals surface area (Å²) in [4.78, 5) is 0.364. The Morgan fingerprint density at radius 1 is 1.12 bits per heavy atom. The maximum atomic E-state index is 12.5. The minimum atomic E-state index is -4.68. The molecule has 0 fully saturated rings. The van der Waals surface area contributed by atoms with E-state index in [0.717, 1.165) is 0 Å². The highest BCUT2D eigenvalue weighted by molar-refractivity contribution is 6.75. The number of nitrogens with zero attached hydrogens (tertiary/aromatic N) is 2. The minimum absolute atomic E-state index is 0.364. The van der Waals surface area contributed by atoms with E-state index >= 15 is 0 Å². The Hall–Kier alpha value is 0.510. The first kappa shape index (κ1) is 14.6. The van der Waals surface area contributed by atoms with Crippen molar-refractivity contribution in [1.82, 2.24) is 10.3 Å². The van der Waals surface area contributed by atoms with Gasteiger partial charge in [0.1, 0.15) is 6.34 Å². The molecule has 0 aromatic rings. The van der Waals surface area contributed by atoms with Crippen molar-refractivity contribution in [2.45, 2.75) is 20.6 Å². The molecule has 0 radical (unpaired) electrons. The number of nitrogens with one attached hydrogen (secondary N) is 1. The van der Waals surface area contributed by atoms with Crippen LogP contribution in [0.3, 0.4) is 0 Å². The van der Waals surface area contributed by atoms with Gasteiger partial charge in [0, 0.05) is 0 Å². The van der Waals surface area contributed by atoms with Gasteiger partial charge in [0.05, 0.1) is 0 Å². The zero-order valence-electron chi connectivity index (χ0n) is 7.07. The summed E-state index contributed by atoms with van der Waals surface area (Å²) in [6, 6.07) is 0. The quantitative estimate of drug-likeness (QED) is 0.587. The van der Waals surface area contributed by atoms with Crippen molar-refractivity contribution in [3.8, 4) is 0 Å². The van der Waals surface area contributed by atoms with Crippen LogP contribution in [0.15, 0.2) is 5.10 Å². The molecule has 0 aromatic heterocycles. The first-order chi connectivity index (χ1) is 6.98. The fourth-order valence-electron chi connectivity index (χ4n) is 0.907. The largest absolute Gasteiger partial charge is 0.428 e. The van der Waals surface area contributed by atoms with Gasteiger partial charge in [-0.25, -0.2) is 0 Å². The Bertz CT molecular complexity index is 299. The van der Waals surface area contributed by atoms with Gasteiger partial charge in [-0.05, 0) is 0 Å². The molecular weight excluding hydrogens is 336 g/mol. The summed E-state index contributed by atoms with van der Waals surface area (Å²) < 4.78 is 32.7. The van der Waals surface area contributed by atoms with E-state index in [-0.39, 0.29) is 0 Å². The van der Waals surface area contributed by atoms with Crippen LogP contribution in [0.5, 0.6) is 0 Å². The SMILES string of the molecule is FC(F)(F)C1NN=CN1C(Cl)(Cl)C(Cl)(Cl)Cl. The molecule has 1 aliphatic rings. The van der Waals surface area contributed by atoms with E-state index in [1.165, 1.54) is 0 Å². The number of hydrazone groups is 1. The highest BCUT2D eigenvalue weighted by Crippen LogP contribution is 2.49. The second-order valence-corrected chi connectivity index (χ2v) is 6.33. The van der Waals surface area contributed by atoms with Gasteiger partial charge in [-0.15, -0.1) is 0 Å². The maximum Gasteiger partial charge on any atom is 0.428 e. The Labute approximate surface area is 113 Å². The monoisotopic (exact) mass is 337 g/mol. The van der Waals surface area contributed by atoms with Crippen molar-refractivity contribution in [2.24, 2.45) is 5.10 Å². The van der Waals surface area contributed by atoms with Crippen LogP contribution in [0.2, 0.25) is 0 Å². The summed E-state index contributed by atoms with van der Waals surface area (Å²) in [7, 11) is 0. The van der Waals surface area contributed by atoms with Crippen LogP contribution >= 0.6 is 58.0 Å². The van der Waals surface area contributed by atoms with Gasteiger partial charge in [-0.2, -0.15) is 18.3 Å². The predicted octanol–water partition coefficient (Wildman–Crippen LogP) is 3.22.